The average Bonchev–Trinajstić information content (AvgIpc) is 2.49. The third-order valence-electron chi connectivity index (χ3n) is 3.74. The minimum absolute atomic E-state index is 0.235. The molecule has 0 aliphatic carbocycles. The van der Waals surface area contributed by atoms with Gasteiger partial charge in [0, 0.05) is 18.1 Å². The summed E-state index contributed by atoms with van der Waals surface area (Å²) < 4.78 is 27.8. The van der Waals surface area contributed by atoms with E-state index in [0.29, 0.717) is 13.0 Å². The van der Waals surface area contributed by atoms with Gasteiger partial charge in [0.05, 0.1) is 4.90 Å². The summed E-state index contributed by atoms with van der Waals surface area (Å²) >= 11 is 3.37. The van der Waals surface area contributed by atoms with Gasteiger partial charge in [-0.25, -0.2) is 8.42 Å². The summed E-state index contributed by atoms with van der Waals surface area (Å²) in [5, 5.41) is 2.56. The largest absolute Gasteiger partial charge is 0.358 e. The van der Waals surface area contributed by atoms with Gasteiger partial charge in [-0.3, -0.25) is 4.79 Å². The minimum Gasteiger partial charge on any atom is -0.358 e. The lowest BCUT2D eigenvalue weighted by Crippen LogP contribution is -2.51. The Morgan fingerprint density at radius 3 is 2.71 bits per heavy atom. The highest BCUT2D eigenvalue weighted by atomic mass is 79.9. The molecule has 116 valence electrons. The first-order valence-corrected chi connectivity index (χ1v) is 9.11. The maximum atomic E-state index is 12.8. The molecule has 2 rings (SSSR count). The molecule has 1 aliphatic rings. The lowest BCUT2D eigenvalue weighted by Gasteiger charge is -2.33. The molecule has 5 nitrogen and oxygen atoms in total. The highest BCUT2D eigenvalue weighted by Gasteiger charge is 2.37. The van der Waals surface area contributed by atoms with Crippen LogP contribution in [0, 0.1) is 6.92 Å². The zero-order valence-electron chi connectivity index (χ0n) is 12.1. The van der Waals surface area contributed by atoms with Gasteiger partial charge in [0.15, 0.2) is 0 Å². The quantitative estimate of drug-likeness (QED) is 0.880. The molecule has 1 heterocycles. The number of halogens is 1. The van der Waals surface area contributed by atoms with Crippen LogP contribution in [0.1, 0.15) is 24.8 Å². The van der Waals surface area contributed by atoms with Gasteiger partial charge in [0.2, 0.25) is 15.9 Å². The van der Waals surface area contributed by atoms with Crippen molar-refractivity contribution in [1.29, 1.82) is 0 Å². The van der Waals surface area contributed by atoms with Crippen LogP contribution in [0.3, 0.4) is 0 Å². The van der Waals surface area contributed by atoms with Crippen LogP contribution in [0.15, 0.2) is 27.6 Å². The Labute approximate surface area is 133 Å². The molecule has 1 fully saturated rings. The second-order valence-corrected chi connectivity index (χ2v) is 7.90. The number of hydrogen-bond acceptors (Lipinski definition) is 3. The Bertz CT molecular complexity index is 646. The number of amides is 1. The number of likely N-dealkylation sites (N-methyl/N-ethyl adjacent to an activating group) is 1. The minimum atomic E-state index is -3.65. The van der Waals surface area contributed by atoms with Gasteiger partial charge in [0.1, 0.15) is 6.04 Å². The third-order valence-corrected chi connectivity index (χ3v) is 6.53. The van der Waals surface area contributed by atoms with Crippen LogP contribution in [0.25, 0.3) is 0 Å². The monoisotopic (exact) mass is 374 g/mol. The lowest BCUT2D eigenvalue weighted by molar-refractivity contribution is -0.125. The Morgan fingerprint density at radius 1 is 1.38 bits per heavy atom. The average molecular weight is 375 g/mol. The van der Waals surface area contributed by atoms with Crippen molar-refractivity contribution < 1.29 is 13.2 Å². The van der Waals surface area contributed by atoms with E-state index < -0.39 is 16.1 Å². The molecule has 0 radical (unpaired) electrons. The number of nitrogens with one attached hydrogen (secondary N) is 1. The van der Waals surface area contributed by atoms with Gasteiger partial charge in [0.25, 0.3) is 0 Å². The van der Waals surface area contributed by atoms with Crippen LogP contribution in [0.2, 0.25) is 0 Å². The van der Waals surface area contributed by atoms with Crippen molar-refractivity contribution >= 4 is 31.9 Å². The molecule has 1 aromatic carbocycles. The van der Waals surface area contributed by atoms with Crippen molar-refractivity contribution in [3.8, 4) is 0 Å². The standard InChI is InChI=1S/C14H19BrN2O3S/c1-10-9-11(6-7-12(10)15)21(19,20)17-8-4-3-5-13(17)14(18)16-2/h6-7,9,13H,3-5,8H2,1-2H3,(H,16,18)/t13-/m1/s1. The van der Waals surface area contributed by atoms with Gasteiger partial charge in [-0.05, 0) is 43.5 Å². The summed E-state index contributed by atoms with van der Waals surface area (Å²) in [5.41, 5.74) is 0.851. The van der Waals surface area contributed by atoms with E-state index in [4.69, 9.17) is 0 Å². The zero-order chi connectivity index (χ0) is 15.6. The molecule has 21 heavy (non-hydrogen) atoms. The van der Waals surface area contributed by atoms with E-state index in [1.807, 2.05) is 6.92 Å². The van der Waals surface area contributed by atoms with Crippen LogP contribution in [0.5, 0.6) is 0 Å². The SMILES string of the molecule is CNC(=O)[C@H]1CCCCN1S(=O)(=O)c1ccc(Br)c(C)c1. The Hall–Kier alpha value is -0.920. The molecule has 1 aliphatic heterocycles. The fourth-order valence-corrected chi connectivity index (χ4v) is 4.52. The van der Waals surface area contributed by atoms with Crippen LogP contribution in [-0.2, 0) is 14.8 Å². The summed E-state index contributed by atoms with van der Waals surface area (Å²) in [7, 11) is -2.12. The van der Waals surface area contributed by atoms with Crippen molar-refractivity contribution in [2.24, 2.45) is 0 Å². The van der Waals surface area contributed by atoms with Gasteiger partial charge < -0.3 is 5.32 Å². The maximum absolute atomic E-state index is 12.8. The number of benzene rings is 1. The fourth-order valence-electron chi connectivity index (χ4n) is 2.53. The van der Waals surface area contributed by atoms with E-state index in [2.05, 4.69) is 21.2 Å². The number of aryl methyl sites for hydroxylation is 1. The summed E-state index contributed by atoms with van der Waals surface area (Å²) in [5.74, 6) is -0.243. The number of rotatable bonds is 3. The Morgan fingerprint density at radius 2 is 2.10 bits per heavy atom. The molecule has 7 heteroatoms. The van der Waals surface area contributed by atoms with Crippen LogP contribution >= 0.6 is 15.9 Å². The van der Waals surface area contributed by atoms with Crippen molar-refractivity contribution in [3.63, 3.8) is 0 Å². The second-order valence-electron chi connectivity index (χ2n) is 5.15. The molecule has 1 N–H and O–H groups in total. The van der Waals surface area contributed by atoms with Crippen LogP contribution < -0.4 is 5.32 Å². The number of piperidine rings is 1. The molecule has 1 aromatic rings. The number of carbonyl (C=O) groups is 1. The number of carbonyl (C=O) groups excluding carboxylic acids is 1. The van der Waals surface area contributed by atoms with E-state index >= 15 is 0 Å². The maximum Gasteiger partial charge on any atom is 0.243 e. The van der Waals surface area contributed by atoms with Crippen molar-refractivity contribution in [2.45, 2.75) is 37.1 Å². The van der Waals surface area contributed by atoms with E-state index in [-0.39, 0.29) is 10.8 Å². The van der Waals surface area contributed by atoms with E-state index in [0.717, 1.165) is 22.9 Å². The zero-order valence-corrected chi connectivity index (χ0v) is 14.5. The molecule has 0 aromatic heterocycles. The number of nitrogens with zero attached hydrogens (tertiary/aromatic N) is 1. The molecular formula is C14H19BrN2O3S. The Kier molecular flexibility index (Phi) is 5.06. The summed E-state index contributed by atoms with van der Waals surface area (Å²) in [6.45, 7) is 2.23. The highest BCUT2D eigenvalue weighted by molar-refractivity contribution is 9.10. The second kappa shape index (κ2) is 6.46. The molecule has 0 spiro atoms. The summed E-state index contributed by atoms with van der Waals surface area (Å²) in [6.07, 6.45) is 2.21. The first kappa shape index (κ1) is 16.5. The molecule has 0 unspecified atom stereocenters. The predicted octanol–water partition coefficient (Wildman–Crippen LogP) is 2.05. The normalized spacial score (nSPS) is 20.2. The van der Waals surface area contributed by atoms with Crippen molar-refractivity contribution in [3.05, 3.63) is 28.2 Å². The molecule has 1 saturated heterocycles. The van der Waals surface area contributed by atoms with Gasteiger partial charge in [-0.2, -0.15) is 4.31 Å². The smallest absolute Gasteiger partial charge is 0.243 e. The summed E-state index contributed by atoms with van der Waals surface area (Å²) in [4.78, 5) is 12.2. The number of sulfonamides is 1. The molecule has 0 bridgehead atoms. The first-order valence-electron chi connectivity index (χ1n) is 6.87. The molecule has 1 atom stereocenters. The lowest BCUT2D eigenvalue weighted by atomic mass is 10.0. The predicted molar refractivity (Wildman–Crippen MR) is 84.5 cm³/mol. The van der Waals surface area contributed by atoms with Crippen molar-refractivity contribution in [2.75, 3.05) is 13.6 Å². The van der Waals surface area contributed by atoms with Gasteiger partial charge in [-0.1, -0.05) is 22.4 Å². The third kappa shape index (κ3) is 3.30. The highest BCUT2D eigenvalue weighted by Crippen LogP contribution is 2.27. The topological polar surface area (TPSA) is 66.5 Å². The summed E-state index contributed by atoms with van der Waals surface area (Å²) in [6, 6.07) is 4.32. The van der Waals surface area contributed by atoms with Crippen molar-refractivity contribution in [1.82, 2.24) is 9.62 Å². The van der Waals surface area contributed by atoms with Crippen LogP contribution in [-0.4, -0.2) is 38.3 Å². The van der Waals surface area contributed by atoms with Crippen LogP contribution in [0.4, 0.5) is 0 Å². The van der Waals surface area contributed by atoms with E-state index in [9.17, 15) is 13.2 Å². The molecule has 1 amide bonds. The molecule has 0 saturated carbocycles. The number of hydrogen-bond donors (Lipinski definition) is 1. The Balaban J connectivity index is 2.40. The fraction of sp³-hybridized carbons (Fsp3) is 0.500. The van der Waals surface area contributed by atoms with Gasteiger partial charge >= 0.3 is 0 Å². The van der Waals surface area contributed by atoms with E-state index in [1.54, 1.807) is 18.2 Å². The van der Waals surface area contributed by atoms with E-state index in [1.165, 1.54) is 11.4 Å². The molecular weight excluding hydrogens is 356 g/mol. The first-order chi connectivity index (χ1) is 9.87. The van der Waals surface area contributed by atoms with Gasteiger partial charge in [-0.15, -0.1) is 0 Å².